The van der Waals surface area contributed by atoms with E-state index in [1.165, 1.54) is 65.0 Å². The number of fused-ring (bicyclic) bond motifs is 5. The molecule has 2 unspecified atom stereocenters. The van der Waals surface area contributed by atoms with Gasteiger partial charge >= 0.3 is 0 Å². The Morgan fingerprint density at radius 1 is 1.08 bits per heavy atom. The van der Waals surface area contributed by atoms with Crippen LogP contribution in [0, 0.1) is 17.3 Å². The average molecular weight is 322 g/mol. The molecule has 128 valence electrons. The lowest BCUT2D eigenvalue weighted by molar-refractivity contribution is -0.0438. The molecule has 1 aromatic rings. The number of aryl methyl sites for hydroxylation is 1. The molecule has 2 saturated carbocycles. The normalized spacial score (nSPS) is 43.6. The molecule has 1 N–H and O–H groups in total. The molecule has 24 heavy (non-hydrogen) atoms. The van der Waals surface area contributed by atoms with Crippen molar-refractivity contribution in [3.8, 4) is 0 Å². The van der Waals surface area contributed by atoms with Gasteiger partial charge in [0.15, 0.2) is 0 Å². The minimum Gasteiger partial charge on any atom is -0.393 e. The van der Waals surface area contributed by atoms with E-state index < -0.39 is 0 Å². The van der Waals surface area contributed by atoms with Gasteiger partial charge in [0, 0.05) is 0 Å². The van der Waals surface area contributed by atoms with Crippen LogP contribution in [0.4, 0.5) is 0 Å². The minimum absolute atomic E-state index is 0.0128. The molecule has 5 rings (SSSR count). The number of aliphatic hydroxyl groups is 1. The van der Waals surface area contributed by atoms with Crippen LogP contribution in [0.2, 0.25) is 12.1 Å². The second-order valence-corrected chi connectivity index (χ2v) is 9.33. The first-order valence-corrected chi connectivity index (χ1v) is 10.5. The van der Waals surface area contributed by atoms with Crippen molar-refractivity contribution in [3.05, 3.63) is 35.4 Å². The summed E-state index contributed by atoms with van der Waals surface area (Å²) in [5.74, 6) is 3.32. The maximum atomic E-state index is 11.0. The third-order valence-corrected chi connectivity index (χ3v) is 8.45. The topological polar surface area (TPSA) is 20.2 Å². The summed E-state index contributed by atoms with van der Waals surface area (Å²) in [5.41, 5.74) is 3.55. The van der Waals surface area contributed by atoms with Crippen molar-refractivity contribution in [3.63, 3.8) is 0 Å². The number of hydrogen-bond donors (Lipinski definition) is 1. The van der Waals surface area contributed by atoms with Crippen molar-refractivity contribution in [2.75, 3.05) is 0 Å². The van der Waals surface area contributed by atoms with Crippen molar-refractivity contribution >= 4 is 7.28 Å². The van der Waals surface area contributed by atoms with Crippen molar-refractivity contribution in [1.29, 1.82) is 0 Å². The summed E-state index contributed by atoms with van der Waals surface area (Å²) in [5, 5.41) is 11.0. The van der Waals surface area contributed by atoms with Gasteiger partial charge in [-0.25, -0.2) is 0 Å². The summed E-state index contributed by atoms with van der Waals surface area (Å²) in [6.07, 6.45) is 13.2. The van der Waals surface area contributed by atoms with E-state index in [2.05, 4.69) is 24.3 Å². The molecule has 1 saturated heterocycles. The van der Waals surface area contributed by atoms with Gasteiger partial charge in [0.05, 0.1) is 6.10 Å². The van der Waals surface area contributed by atoms with E-state index in [0.29, 0.717) is 0 Å². The lowest BCUT2D eigenvalue weighted by Crippen LogP contribution is -2.46. The first-order chi connectivity index (χ1) is 11.8. The summed E-state index contributed by atoms with van der Waals surface area (Å²) in [7, 11) is 1.43. The summed E-state index contributed by atoms with van der Waals surface area (Å²) in [4.78, 5) is 0. The fourth-order valence-electron chi connectivity index (χ4n) is 7.45. The first kappa shape index (κ1) is 15.5. The van der Waals surface area contributed by atoms with E-state index in [0.717, 1.165) is 30.0 Å². The molecule has 1 aliphatic heterocycles. The van der Waals surface area contributed by atoms with Gasteiger partial charge in [0.1, 0.15) is 7.28 Å². The van der Waals surface area contributed by atoms with Crippen LogP contribution in [0.3, 0.4) is 0 Å². The van der Waals surface area contributed by atoms with E-state index in [-0.39, 0.29) is 11.5 Å². The lowest BCUT2D eigenvalue weighted by atomic mass is 9.50. The van der Waals surface area contributed by atoms with Gasteiger partial charge in [-0.05, 0) is 79.2 Å². The van der Waals surface area contributed by atoms with Gasteiger partial charge in [-0.15, -0.1) is 0 Å². The van der Waals surface area contributed by atoms with Crippen LogP contribution in [0.15, 0.2) is 24.3 Å². The van der Waals surface area contributed by atoms with Crippen LogP contribution in [0.1, 0.15) is 68.4 Å². The predicted octanol–water partition coefficient (Wildman–Crippen LogP) is 4.71. The van der Waals surface area contributed by atoms with E-state index in [1.54, 1.807) is 11.1 Å². The predicted molar refractivity (Wildman–Crippen MR) is 101 cm³/mol. The maximum absolute atomic E-state index is 11.0. The lowest BCUT2D eigenvalue weighted by Gasteiger charge is -2.52. The highest BCUT2D eigenvalue weighted by atomic mass is 16.3. The van der Waals surface area contributed by atoms with Crippen LogP contribution in [0.25, 0.3) is 0 Å². The zero-order chi connectivity index (χ0) is 16.1. The standard InChI is InChI=1S/C22H31BO/c24-21-10-9-20-19-8-7-15-4-1-2-6-17(15)18(19)11-12-22(20,21)14-16-5-3-13-23-16/h1-2,4,6,16,18-21,23-24H,3,5,7-14H2/t16?,18-,19-,20+,21?,22-/m1/s1. The Morgan fingerprint density at radius 3 is 2.88 bits per heavy atom. The van der Waals surface area contributed by atoms with Gasteiger partial charge in [0.25, 0.3) is 0 Å². The first-order valence-electron chi connectivity index (χ1n) is 10.5. The minimum atomic E-state index is -0.0128. The fraction of sp³-hybridized carbons (Fsp3) is 0.727. The molecule has 0 radical (unpaired) electrons. The Bertz CT molecular complexity index is 608. The molecular weight excluding hydrogens is 291 g/mol. The van der Waals surface area contributed by atoms with Gasteiger partial charge in [0.2, 0.25) is 0 Å². The number of aliphatic hydroxyl groups excluding tert-OH is 1. The quantitative estimate of drug-likeness (QED) is 0.782. The highest BCUT2D eigenvalue weighted by molar-refractivity contribution is 6.38. The maximum Gasteiger partial charge on any atom is 0.124 e. The highest BCUT2D eigenvalue weighted by Crippen LogP contribution is 2.63. The smallest absolute Gasteiger partial charge is 0.124 e. The molecule has 1 aromatic carbocycles. The Morgan fingerprint density at radius 2 is 2.00 bits per heavy atom. The Hall–Kier alpha value is -0.755. The summed E-state index contributed by atoms with van der Waals surface area (Å²) >= 11 is 0. The molecule has 2 heteroatoms. The van der Waals surface area contributed by atoms with Crippen LogP contribution < -0.4 is 0 Å². The molecule has 0 bridgehead atoms. The van der Waals surface area contributed by atoms with E-state index in [4.69, 9.17) is 0 Å². The Labute approximate surface area is 147 Å². The van der Waals surface area contributed by atoms with Crippen molar-refractivity contribution in [1.82, 2.24) is 0 Å². The van der Waals surface area contributed by atoms with Gasteiger partial charge in [-0.1, -0.05) is 49.2 Å². The molecule has 1 heterocycles. The van der Waals surface area contributed by atoms with Crippen LogP contribution in [-0.4, -0.2) is 18.5 Å². The Balaban J connectivity index is 1.46. The van der Waals surface area contributed by atoms with E-state index in [1.807, 2.05) is 0 Å². The largest absolute Gasteiger partial charge is 0.393 e. The molecule has 6 atom stereocenters. The summed E-state index contributed by atoms with van der Waals surface area (Å²) in [6.45, 7) is 0. The van der Waals surface area contributed by atoms with Gasteiger partial charge in [-0.3, -0.25) is 0 Å². The molecule has 0 spiro atoms. The summed E-state index contributed by atoms with van der Waals surface area (Å²) < 4.78 is 0. The molecule has 1 nitrogen and oxygen atoms in total. The summed E-state index contributed by atoms with van der Waals surface area (Å²) in [6, 6.07) is 9.22. The van der Waals surface area contributed by atoms with E-state index in [9.17, 15) is 5.11 Å². The Kier molecular flexibility index (Phi) is 3.81. The SMILES string of the molecule is OC1CC[C@H]2[C@@H]3CCc4ccccc4[C@H]3CC[C@]12CC1BCCC1. The number of rotatable bonds is 2. The average Bonchev–Trinajstić information content (AvgIpc) is 3.23. The van der Waals surface area contributed by atoms with Gasteiger partial charge < -0.3 is 5.11 Å². The fourth-order valence-corrected chi connectivity index (χ4v) is 7.45. The molecule has 3 fully saturated rings. The zero-order valence-corrected chi connectivity index (χ0v) is 14.9. The van der Waals surface area contributed by atoms with Crippen LogP contribution in [-0.2, 0) is 6.42 Å². The molecular formula is C22H31BO. The third kappa shape index (κ3) is 2.25. The van der Waals surface area contributed by atoms with Crippen LogP contribution in [0.5, 0.6) is 0 Å². The number of benzene rings is 1. The van der Waals surface area contributed by atoms with Crippen molar-refractivity contribution in [2.24, 2.45) is 17.3 Å². The molecule has 3 aliphatic carbocycles. The monoisotopic (exact) mass is 322 g/mol. The second kappa shape index (κ2) is 5.90. The third-order valence-electron chi connectivity index (χ3n) is 8.45. The van der Waals surface area contributed by atoms with Crippen molar-refractivity contribution in [2.45, 2.75) is 81.9 Å². The molecule has 0 amide bonds. The zero-order valence-electron chi connectivity index (χ0n) is 14.9. The molecule has 4 aliphatic rings. The van der Waals surface area contributed by atoms with Crippen molar-refractivity contribution < 1.29 is 5.11 Å². The number of hydrogen-bond acceptors (Lipinski definition) is 1. The highest BCUT2D eigenvalue weighted by Gasteiger charge is 2.57. The van der Waals surface area contributed by atoms with Gasteiger partial charge in [-0.2, -0.15) is 0 Å². The molecule has 0 aromatic heterocycles. The van der Waals surface area contributed by atoms with E-state index >= 15 is 0 Å². The van der Waals surface area contributed by atoms with Crippen LogP contribution >= 0.6 is 0 Å². The second-order valence-electron chi connectivity index (χ2n) is 9.33.